The first-order chi connectivity index (χ1) is 13.3. The molecule has 0 aromatic rings. The average molecular weight is 367 g/mol. The van der Waals surface area contributed by atoms with Crippen molar-refractivity contribution in [3.8, 4) is 6.07 Å². The zero-order valence-electron chi connectivity index (χ0n) is 15.1. The fraction of sp³-hybridized carbons (Fsp3) is 0.364. The van der Waals surface area contributed by atoms with E-state index >= 15 is 0 Å². The summed E-state index contributed by atoms with van der Waals surface area (Å²) in [5.41, 5.74) is 5.15. The minimum absolute atomic E-state index is 0. The minimum atomic E-state index is -0.795. The zero-order chi connectivity index (χ0) is 18.6. The SMILES string of the molecule is N#CC1C=C/C(=C2/C=C[CH]C(C[C@@H]3CNCCO3)=C2C2=CCOC2)C=C1F.[HH]. The van der Waals surface area contributed by atoms with Crippen molar-refractivity contribution in [2.45, 2.75) is 12.5 Å². The van der Waals surface area contributed by atoms with Crippen LogP contribution in [0.5, 0.6) is 0 Å². The molecule has 2 atom stereocenters. The number of hydrogen-bond donors (Lipinski definition) is 1. The quantitative estimate of drug-likeness (QED) is 0.830. The lowest BCUT2D eigenvalue weighted by Crippen LogP contribution is -2.38. The summed E-state index contributed by atoms with van der Waals surface area (Å²) < 4.78 is 25.7. The Kier molecular flexibility index (Phi) is 5.49. The largest absolute Gasteiger partial charge is 0.375 e. The van der Waals surface area contributed by atoms with Gasteiger partial charge in [0.15, 0.2) is 0 Å². The van der Waals surface area contributed by atoms with Gasteiger partial charge in [-0.15, -0.1) is 0 Å². The molecule has 1 unspecified atom stereocenters. The summed E-state index contributed by atoms with van der Waals surface area (Å²) in [5.74, 6) is -1.21. The van der Waals surface area contributed by atoms with Gasteiger partial charge in [0.1, 0.15) is 11.7 Å². The van der Waals surface area contributed by atoms with Crippen molar-refractivity contribution in [2.75, 3.05) is 32.9 Å². The molecule has 2 aliphatic carbocycles. The molecule has 141 valence electrons. The number of hydrogen-bond acceptors (Lipinski definition) is 4. The molecule has 4 aliphatic rings. The molecular weight excluding hydrogens is 343 g/mol. The maximum Gasteiger partial charge on any atom is 0.122 e. The molecule has 4 nitrogen and oxygen atoms in total. The van der Waals surface area contributed by atoms with Gasteiger partial charge in [-0.05, 0) is 34.8 Å². The lowest BCUT2D eigenvalue weighted by molar-refractivity contribution is 0.0294. The monoisotopic (exact) mass is 367 g/mol. The highest BCUT2D eigenvalue weighted by molar-refractivity contribution is 5.66. The van der Waals surface area contributed by atoms with Crippen molar-refractivity contribution in [2.24, 2.45) is 5.92 Å². The molecule has 5 heteroatoms. The molecule has 0 spiro atoms. The molecule has 0 saturated carbocycles. The van der Waals surface area contributed by atoms with Crippen LogP contribution >= 0.6 is 0 Å². The smallest absolute Gasteiger partial charge is 0.122 e. The maximum absolute atomic E-state index is 14.3. The average Bonchev–Trinajstić information content (AvgIpc) is 3.23. The van der Waals surface area contributed by atoms with Crippen molar-refractivity contribution in [3.05, 3.63) is 76.6 Å². The predicted octanol–water partition coefficient (Wildman–Crippen LogP) is 3.50. The molecule has 2 heterocycles. The topological polar surface area (TPSA) is 54.3 Å². The second kappa shape index (κ2) is 8.18. The summed E-state index contributed by atoms with van der Waals surface area (Å²) in [6.45, 7) is 3.58. The van der Waals surface area contributed by atoms with E-state index in [1.165, 1.54) is 11.6 Å². The number of morpholine rings is 1. The van der Waals surface area contributed by atoms with Gasteiger partial charge in [-0.1, -0.05) is 36.0 Å². The zero-order valence-corrected chi connectivity index (χ0v) is 15.1. The molecule has 0 amide bonds. The molecule has 0 aromatic carbocycles. The second-order valence-corrected chi connectivity index (χ2v) is 6.94. The van der Waals surface area contributed by atoms with Gasteiger partial charge in [0.2, 0.25) is 0 Å². The van der Waals surface area contributed by atoms with Gasteiger partial charge in [0.05, 0.1) is 32.0 Å². The lowest BCUT2D eigenvalue weighted by atomic mass is 9.81. The first kappa shape index (κ1) is 18.1. The number of rotatable bonds is 3. The van der Waals surface area contributed by atoms with Gasteiger partial charge >= 0.3 is 0 Å². The van der Waals surface area contributed by atoms with E-state index in [0.29, 0.717) is 13.2 Å². The molecule has 2 aliphatic heterocycles. The highest BCUT2D eigenvalue weighted by atomic mass is 19.1. The number of nitriles is 1. The van der Waals surface area contributed by atoms with Crippen molar-refractivity contribution >= 4 is 0 Å². The number of allylic oxidation sites excluding steroid dienone is 8. The van der Waals surface area contributed by atoms with E-state index in [2.05, 4.69) is 17.8 Å². The van der Waals surface area contributed by atoms with Crippen LogP contribution in [0, 0.1) is 23.7 Å². The summed E-state index contributed by atoms with van der Waals surface area (Å²) in [6.07, 6.45) is 14.1. The Hall–Kier alpha value is -2.26. The van der Waals surface area contributed by atoms with Crippen molar-refractivity contribution in [3.63, 3.8) is 0 Å². The van der Waals surface area contributed by atoms with E-state index < -0.39 is 11.7 Å². The van der Waals surface area contributed by atoms with Crippen LogP contribution in [0.3, 0.4) is 0 Å². The van der Waals surface area contributed by atoms with Crippen LogP contribution < -0.4 is 5.32 Å². The third kappa shape index (κ3) is 3.89. The first-order valence-electron chi connectivity index (χ1n) is 9.30. The number of ether oxygens (including phenoxy) is 2. The molecule has 27 heavy (non-hydrogen) atoms. The Bertz CT molecular complexity index is 839. The molecule has 1 fully saturated rings. The van der Waals surface area contributed by atoms with Crippen LogP contribution in [0.25, 0.3) is 0 Å². The van der Waals surface area contributed by atoms with Crippen LogP contribution in [-0.2, 0) is 9.47 Å². The Morgan fingerprint density at radius 3 is 3.00 bits per heavy atom. The highest BCUT2D eigenvalue weighted by Crippen LogP contribution is 2.38. The molecule has 4 rings (SSSR count). The van der Waals surface area contributed by atoms with Crippen molar-refractivity contribution in [1.82, 2.24) is 5.32 Å². The molecule has 1 N–H and O–H groups in total. The van der Waals surface area contributed by atoms with Gasteiger partial charge in [-0.2, -0.15) is 5.26 Å². The van der Waals surface area contributed by atoms with Crippen molar-refractivity contribution < 1.29 is 15.3 Å². The Labute approximate surface area is 160 Å². The fourth-order valence-electron chi connectivity index (χ4n) is 3.80. The standard InChI is InChI=1S/C22H22FN2O2.H2/c23-21-11-15(4-5-17(21)12-24)20-3-1-2-16(10-19-13-25-7-9-27-19)22(20)18-6-8-26-14-18;/h1-6,11,17,19,25H,7-10,13-14H2;1H/b20-15+;/t17?,19-;/m1./s1. The molecule has 0 aromatic heterocycles. The van der Waals surface area contributed by atoms with E-state index in [9.17, 15) is 4.39 Å². The van der Waals surface area contributed by atoms with Crippen LogP contribution in [0.2, 0.25) is 0 Å². The summed E-state index contributed by atoms with van der Waals surface area (Å²) in [6, 6.07) is 1.96. The summed E-state index contributed by atoms with van der Waals surface area (Å²) in [5, 5.41) is 12.4. The van der Waals surface area contributed by atoms with Crippen LogP contribution in [0.4, 0.5) is 4.39 Å². The second-order valence-electron chi connectivity index (χ2n) is 6.94. The summed E-state index contributed by atoms with van der Waals surface area (Å²) in [7, 11) is 0. The van der Waals surface area contributed by atoms with Gasteiger partial charge in [-0.25, -0.2) is 4.39 Å². The third-order valence-electron chi connectivity index (χ3n) is 5.14. The van der Waals surface area contributed by atoms with E-state index in [4.69, 9.17) is 14.7 Å². The molecule has 1 saturated heterocycles. The Balaban J connectivity index is 0.00000225. The third-order valence-corrected chi connectivity index (χ3v) is 5.14. The summed E-state index contributed by atoms with van der Waals surface area (Å²) in [4.78, 5) is 0. The molecule has 0 bridgehead atoms. The van der Waals surface area contributed by atoms with Crippen LogP contribution in [0.15, 0.2) is 70.1 Å². The van der Waals surface area contributed by atoms with E-state index in [-0.39, 0.29) is 7.53 Å². The Morgan fingerprint density at radius 1 is 1.37 bits per heavy atom. The summed E-state index contributed by atoms with van der Waals surface area (Å²) >= 11 is 0. The number of halogens is 1. The lowest BCUT2D eigenvalue weighted by Gasteiger charge is -2.28. The van der Waals surface area contributed by atoms with Crippen LogP contribution in [-0.4, -0.2) is 39.0 Å². The normalized spacial score (nSPS) is 31.0. The first-order valence-corrected chi connectivity index (χ1v) is 9.30. The van der Waals surface area contributed by atoms with E-state index in [0.717, 1.165) is 48.4 Å². The van der Waals surface area contributed by atoms with E-state index in [1.54, 1.807) is 6.08 Å². The van der Waals surface area contributed by atoms with Gasteiger partial charge in [-0.3, -0.25) is 0 Å². The van der Waals surface area contributed by atoms with Crippen LogP contribution in [0.1, 0.15) is 7.85 Å². The minimum Gasteiger partial charge on any atom is -0.375 e. The predicted molar refractivity (Wildman–Crippen MR) is 103 cm³/mol. The number of nitrogens with zero attached hydrogens (tertiary/aromatic N) is 1. The van der Waals surface area contributed by atoms with Gasteiger partial charge in [0.25, 0.3) is 0 Å². The van der Waals surface area contributed by atoms with E-state index in [1.807, 2.05) is 24.3 Å². The molecular formula is C22H24FN2O2. The van der Waals surface area contributed by atoms with Gasteiger partial charge < -0.3 is 14.8 Å². The maximum atomic E-state index is 14.3. The Morgan fingerprint density at radius 2 is 2.30 bits per heavy atom. The number of nitrogens with one attached hydrogen (secondary N) is 1. The van der Waals surface area contributed by atoms with Crippen molar-refractivity contribution in [1.29, 1.82) is 5.26 Å². The van der Waals surface area contributed by atoms with Gasteiger partial charge in [0, 0.05) is 20.9 Å². The molecule has 1 radical (unpaired) electrons. The highest BCUT2D eigenvalue weighted by Gasteiger charge is 2.26. The fourth-order valence-corrected chi connectivity index (χ4v) is 3.80.